The Hall–Kier alpha value is -1.88. The summed E-state index contributed by atoms with van der Waals surface area (Å²) >= 11 is 0. The van der Waals surface area contributed by atoms with Crippen LogP contribution in [-0.4, -0.2) is 40.5 Å². The first-order valence-corrected chi connectivity index (χ1v) is 8.84. The number of carbonyl (C=O) groups excluding carboxylic acids is 2. The lowest BCUT2D eigenvalue weighted by atomic mass is 9.92. The van der Waals surface area contributed by atoms with Crippen molar-refractivity contribution in [3.05, 3.63) is 35.4 Å². The molecule has 1 aliphatic carbocycles. The highest BCUT2D eigenvalue weighted by molar-refractivity contribution is 5.89. The lowest BCUT2D eigenvalue weighted by Gasteiger charge is -2.29. The van der Waals surface area contributed by atoms with Crippen molar-refractivity contribution in [3.63, 3.8) is 0 Å². The fourth-order valence-corrected chi connectivity index (χ4v) is 3.59. The third-order valence-electron chi connectivity index (χ3n) is 5.14. The zero-order valence-corrected chi connectivity index (χ0v) is 14.2. The van der Waals surface area contributed by atoms with Crippen molar-refractivity contribution in [1.82, 2.24) is 10.2 Å². The van der Waals surface area contributed by atoms with Crippen molar-refractivity contribution in [2.24, 2.45) is 5.92 Å². The quantitative estimate of drug-likeness (QED) is 0.884. The summed E-state index contributed by atoms with van der Waals surface area (Å²) in [5.41, 5.74) is 2.27. The molecule has 3 atom stereocenters. The third-order valence-corrected chi connectivity index (χ3v) is 5.14. The second kappa shape index (κ2) is 7.34. The molecule has 2 amide bonds. The van der Waals surface area contributed by atoms with E-state index in [1.165, 1.54) is 5.56 Å². The van der Waals surface area contributed by atoms with Gasteiger partial charge >= 0.3 is 0 Å². The van der Waals surface area contributed by atoms with Gasteiger partial charge < -0.3 is 15.3 Å². The maximum atomic E-state index is 12.4. The topological polar surface area (TPSA) is 69.6 Å². The molecule has 130 valence electrons. The molecule has 0 aromatic heterocycles. The van der Waals surface area contributed by atoms with Crippen molar-refractivity contribution in [2.45, 2.75) is 57.7 Å². The van der Waals surface area contributed by atoms with Gasteiger partial charge in [-0.05, 0) is 25.3 Å². The maximum absolute atomic E-state index is 12.4. The van der Waals surface area contributed by atoms with E-state index in [4.69, 9.17) is 0 Å². The van der Waals surface area contributed by atoms with Gasteiger partial charge in [-0.1, -0.05) is 42.7 Å². The van der Waals surface area contributed by atoms with E-state index in [2.05, 4.69) is 5.32 Å². The highest BCUT2D eigenvalue weighted by Gasteiger charge is 2.36. The Morgan fingerprint density at radius 2 is 1.96 bits per heavy atom. The van der Waals surface area contributed by atoms with Crippen molar-refractivity contribution in [3.8, 4) is 0 Å². The summed E-state index contributed by atoms with van der Waals surface area (Å²) in [6.07, 6.45) is 3.42. The largest absolute Gasteiger partial charge is 0.391 e. The van der Waals surface area contributed by atoms with Crippen LogP contribution in [0.1, 0.15) is 43.2 Å². The summed E-state index contributed by atoms with van der Waals surface area (Å²) in [6, 6.07) is 7.95. The zero-order chi connectivity index (χ0) is 17.1. The molecule has 2 aliphatic rings. The summed E-state index contributed by atoms with van der Waals surface area (Å²) in [4.78, 5) is 26.4. The average molecular weight is 330 g/mol. The molecule has 1 aromatic rings. The van der Waals surface area contributed by atoms with Crippen LogP contribution in [0.2, 0.25) is 0 Å². The van der Waals surface area contributed by atoms with Crippen LogP contribution < -0.4 is 5.32 Å². The molecule has 3 unspecified atom stereocenters. The first-order chi connectivity index (χ1) is 11.5. The SMILES string of the molecule is Cc1ccc(CN2CC(C(=O)NC3CCCCC3O)CC2=O)cc1. The number of amides is 2. The number of aliphatic hydroxyl groups excluding tert-OH is 1. The Kier molecular flexibility index (Phi) is 5.19. The number of nitrogens with zero attached hydrogens (tertiary/aromatic N) is 1. The standard InChI is InChI=1S/C19H26N2O3/c1-13-6-8-14(9-7-13)11-21-12-15(10-18(21)23)19(24)20-16-4-2-3-5-17(16)22/h6-9,15-17,22H,2-5,10-12H2,1H3,(H,20,24). The summed E-state index contributed by atoms with van der Waals surface area (Å²) < 4.78 is 0. The predicted octanol–water partition coefficient (Wildman–Crippen LogP) is 1.76. The molecule has 1 heterocycles. The van der Waals surface area contributed by atoms with E-state index in [1.54, 1.807) is 4.90 Å². The summed E-state index contributed by atoms with van der Waals surface area (Å²) in [7, 11) is 0. The monoisotopic (exact) mass is 330 g/mol. The van der Waals surface area contributed by atoms with Gasteiger partial charge in [0.1, 0.15) is 0 Å². The molecule has 2 fully saturated rings. The smallest absolute Gasteiger partial charge is 0.225 e. The normalized spacial score (nSPS) is 27.3. The highest BCUT2D eigenvalue weighted by Crippen LogP contribution is 2.23. The van der Waals surface area contributed by atoms with Gasteiger partial charge in [0.2, 0.25) is 11.8 Å². The summed E-state index contributed by atoms with van der Waals surface area (Å²) in [5, 5.41) is 12.9. The molecule has 1 aliphatic heterocycles. The molecular formula is C19H26N2O3. The lowest BCUT2D eigenvalue weighted by molar-refractivity contribution is -0.129. The first-order valence-electron chi connectivity index (χ1n) is 8.84. The number of benzene rings is 1. The maximum Gasteiger partial charge on any atom is 0.225 e. The number of carbonyl (C=O) groups is 2. The van der Waals surface area contributed by atoms with E-state index >= 15 is 0 Å². The number of aryl methyl sites for hydroxylation is 1. The summed E-state index contributed by atoms with van der Waals surface area (Å²) in [5.74, 6) is -0.377. The van der Waals surface area contributed by atoms with E-state index < -0.39 is 6.10 Å². The van der Waals surface area contributed by atoms with Crippen molar-refractivity contribution >= 4 is 11.8 Å². The zero-order valence-electron chi connectivity index (χ0n) is 14.2. The third kappa shape index (κ3) is 3.96. The van der Waals surface area contributed by atoms with Crippen LogP contribution in [0.5, 0.6) is 0 Å². The van der Waals surface area contributed by atoms with Crippen molar-refractivity contribution in [2.75, 3.05) is 6.54 Å². The number of hydrogen-bond donors (Lipinski definition) is 2. The fraction of sp³-hybridized carbons (Fsp3) is 0.579. The second-order valence-electron chi connectivity index (χ2n) is 7.13. The Bertz CT molecular complexity index is 599. The van der Waals surface area contributed by atoms with Gasteiger partial charge in [-0.25, -0.2) is 0 Å². The second-order valence-corrected chi connectivity index (χ2v) is 7.13. The first kappa shape index (κ1) is 17.0. The number of hydrogen-bond acceptors (Lipinski definition) is 3. The van der Waals surface area contributed by atoms with Crippen LogP contribution in [0.4, 0.5) is 0 Å². The Labute approximate surface area is 143 Å². The molecule has 1 saturated heterocycles. The van der Waals surface area contributed by atoms with Gasteiger partial charge in [0.25, 0.3) is 0 Å². The minimum Gasteiger partial charge on any atom is -0.391 e. The van der Waals surface area contributed by atoms with Gasteiger partial charge in [0.15, 0.2) is 0 Å². The molecule has 1 aromatic carbocycles. The molecule has 0 spiro atoms. The van der Waals surface area contributed by atoms with Gasteiger partial charge in [-0.15, -0.1) is 0 Å². The van der Waals surface area contributed by atoms with Crippen LogP contribution in [0, 0.1) is 12.8 Å². The van der Waals surface area contributed by atoms with Gasteiger partial charge in [0, 0.05) is 19.5 Å². The van der Waals surface area contributed by atoms with Crippen LogP contribution in [0.25, 0.3) is 0 Å². The van der Waals surface area contributed by atoms with Crippen molar-refractivity contribution in [1.29, 1.82) is 0 Å². The van der Waals surface area contributed by atoms with E-state index in [0.29, 0.717) is 13.1 Å². The molecule has 5 nitrogen and oxygen atoms in total. The minimum atomic E-state index is -0.455. The van der Waals surface area contributed by atoms with Gasteiger partial charge in [-0.2, -0.15) is 0 Å². The Morgan fingerprint density at radius 1 is 1.25 bits per heavy atom. The van der Waals surface area contributed by atoms with E-state index in [1.807, 2.05) is 31.2 Å². The number of likely N-dealkylation sites (tertiary alicyclic amines) is 1. The average Bonchev–Trinajstić information content (AvgIpc) is 2.93. The molecule has 5 heteroatoms. The fourth-order valence-electron chi connectivity index (χ4n) is 3.59. The van der Waals surface area contributed by atoms with Gasteiger partial charge in [-0.3, -0.25) is 9.59 Å². The predicted molar refractivity (Wildman–Crippen MR) is 91.1 cm³/mol. The molecular weight excluding hydrogens is 304 g/mol. The molecule has 0 bridgehead atoms. The Balaban J connectivity index is 1.55. The van der Waals surface area contributed by atoms with Crippen LogP contribution in [0.3, 0.4) is 0 Å². The van der Waals surface area contributed by atoms with Gasteiger partial charge in [0.05, 0.1) is 18.1 Å². The molecule has 1 saturated carbocycles. The van der Waals surface area contributed by atoms with E-state index in [9.17, 15) is 14.7 Å². The van der Waals surface area contributed by atoms with Crippen molar-refractivity contribution < 1.29 is 14.7 Å². The number of aliphatic hydroxyl groups is 1. The molecule has 0 radical (unpaired) electrons. The Morgan fingerprint density at radius 3 is 2.67 bits per heavy atom. The number of nitrogens with one attached hydrogen (secondary N) is 1. The summed E-state index contributed by atoms with van der Waals surface area (Å²) in [6.45, 7) is 3.04. The molecule has 2 N–H and O–H groups in total. The number of rotatable bonds is 4. The minimum absolute atomic E-state index is 0.0277. The van der Waals surface area contributed by atoms with Crippen LogP contribution in [-0.2, 0) is 16.1 Å². The van der Waals surface area contributed by atoms with E-state index in [-0.39, 0.29) is 30.2 Å². The highest BCUT2D eigenvalue weighted by atomic mass is 16.3. The molecule has 3 rings (SSSR count). The van der Waals surface area contributed by atoms with Crippen LogP contribution in [0.15, 0.2) is 24.3 Å². The van der Waals surface area contributed by atoms with E-state index in [0.717, 1.165) is 31.2 Å². The molecule has 24 heavy (non-hydrogen) atoms. The lowest BCUT2D eigenvalue weighted by Crippen LogP contribution is -2.47. The van der Waals surface area contributed by atoms with Crippen LogP contribution >= 0.6 is 0 Å².